The number of aromatic nitrogens is 1. The SMILES string of the molecule is CC(=O)OCCc1ccsc1C(=O)c1ccc(-c2ccc(Cl)cc2)nc1. The van der Waals surface area contributed by atoms with Gasteiger partial charge in [0.25, 0.3) is 0 Å². The van der Waals surface area contributed by atoms with Crippen molar-refractivity contribution in [2.75, 3.05) is 6.61 Å². The Balaban J connectivity index is 1.75. The van der Waals surface area contributed by atoms with Gasteiger partial charge in [-0.3, -0.25) is 14.6 Å². The number of hydrogen-bond acceptors (Lipinski definition) is 5. The standard InChI is InChI=1S/C20H16ClNO3S/c1-13(23)25-10-8-15-9-11-26-20(15)19(24)16-4-7-18(22-12-16)14-2-5-17(21)6-3-14/h2-7,9,11-12H,8,10H2,1H3. The molecule has 0 aliphatic rings. The zero-order valence-corrected chi connectivity index (χ0v) is 15.6. The first-order valence-corrected chi connectivity index (χ1v) is 9.27. The molecule has 4 nitrogen and oxygen atoms in total. The van der Waals surface area contributed by atoms with E-state index in [4.69, 9.17) is 16.3 Å². The Morgan fingerprint density at radius 1 is 1.12 bits per heavy atom. The second kappa shape index (κ2) is 8.25. The third-order valence-corrected chi connectivity index (χ3v) is 5.00. The highest BCUT2D eigenvalue weighted by Gasteiger charge is 2.16. The maximum absolute atomic E-state index is 12.8. The lowest BCUT2D eigenvalue weighted by Gasteiger charge is -2.05. The Morgan fingerprint density at radius 3 is 2.54 bits per heavy atom. The molecule has 6 heteroatoms. The van der Waals surface area contributed by atoms with Crippen LogP contribution in [0.3, 0.4) is 0 Å². The third kappa shape index (κ3) is 4.36. The van der Waals surface area contributed by atoms with E-state index in [0.717, 1.165) is 16.8 Å². The highest BCUT2D eigenvalue weighted by Crippen LogP contribution is 2.23. The Labute approximate surface area is 160 Å². The summed E-state index contributed by atoms with van der Waals surface area (Å²) in [6, 6.07) is 12.9. The van der Waals surface area contributed by atoms with Crippen LogP contribution in [0.15, 0.2) is 54.0 Å². The van der Waals surface area contributed by atoms with Crippen LogP contribution < -0.4 is 0 Å². The summed E-state index contributed by atoms with van der Waals surface area (Å²) in [6.07, 6.45) is 2.10. The number of rotatable bonds is 6. The van der Waals surface area contributed by atoms with Crippen molar-refractivity contribution in [2.24, 2.45) is 0 Å². The van der Waals surface area contributed by atoms with E-state index >= 15 is 0 Å². The Bertz CT molecular complexity index is 917. The molecular formula is C20H16ClNO3S. The molecule has 0 saturated carbocycles. The number of pyridine rings is 1. The molecule has 0 atom stereocenters. The van der Waals surface area contributed by atoms with E-state index in [-0.39, 0.29) is 18.4 Å². The van der Waals surface area contributed by atoms with Crippen molar-refractivity contribution < 1.29 is 14.3 Å². The van der Waals surface area contributed by atoms with E-state index in [1.165, 1.54) is 18.3 Å². The fourth-order valence-corrected chi connectivity index (χ4v) is 3.53. The van der Waals surface area contributed by atoms with Crippen LogP contribution in [-0.2, 0) is 16.0 Å². The largest absolute Gasteiger partial charge is 0.466 e. The minimum absolute atomic E-state index is 0.0759. The molecule has 0 amide bonds. The summed E-state index contributed by atoms with van der Waals surface area (Å²) < 4.78 is 4.96. The normalized spacial score (nSPS) is 10.5. The van der Waals surface area contributed by atoms with E-state index in [0.29, 0.717) is 21.9 Å². The van der Waals surface area contributed by atoms with Crippen molar-refractivity contribution in [1.29, 1.82) is 0 Å². The van der Waals surface area contributed by atoms with Crippen molar-refractivity contribution in [3.8, 4) is 11.3 Å². The molecule has 1 aromatic carbocycles. The monoisotopic (exact) mass is 385 g/mol. The number of halogens is 1. The molecule has 0 bridgehead atoms. The van der Waals surface area contributed by atoms with Gasteiger partial charge in [-0.1, -0.05) is 23.7 Å². The lowest BCUT2D eigenvalue weighted by atomic mass is 10.1. The Morgan fingerprint density at radius 2 is 1.88 bits per heavy atom. The van der Waals surface area contributed by atoms with Gasteiger partial charge in [-0.2, -0.15) is 0 Å². The van der Waals surface area contributed by atoms with Crippen LogP contribution in [0.2, 0.25) is 5.02 Å². The van der Waals surface area contributed by atoms with Crippen molar-refractivity contribution >= 4 is 34.7 Å². The summed E-state index contributed by atoms with van der Waals surface area (Å²) in [5.41, 5.74) is 3.12. The minimum atomic E-state index is -0.324. The molecule has 132 valence electrons. The second-order valence-electron chi connectivity index (χ2n) is 5.63. The molecule has 0 N–H and O–H groups in total. The number of benzene rings is 1. The molecule has 26 heavy (non-hydrogen) atoms. The zero-order chi connectivity index (χ0) is 18.5. The molecule has 2 heterocycles. The third-order valence-electron chi connectivity index (χ3n) is 3.80. The van der Waals surface area contributed by atoms with Crippen LogP contribution in [0.1, 0.15) is 27.7 Å². The number of carbonyl (C=O) groups is 2. The summed E-state index contributed by atoms with van der Waals surface area (Å²) >= 11 is 7.28. The summed E-state index contributed by atoms with van der Waals surface area (Å²) in [4.78, 5) is 28.7. The number of ketones is 1. The van der Waals surface area contributed by atoms with Crippen LogP contribution in [0.5, 0.6) is 0 Å². The molecule has 0 fully saturated rings. The van der Waals surface area contributed by atoms with Gasteiger partial charge in [0.1, 0.15) is 0 Å². The second-order valence-corrected chi connectivity index (χ2v) is 6.99. The summed E-state index contributed by atoms with van der Waals surface area (Å²) in [7, 11) is 0. The lowest BCUT2D eigenvalue weighted by Crippen LogP contribution is -2.07. The van der Waals surface area contributed by atoms with Crippen LogP contribution in [-0.4, -0.2) is 23.3 Å². The van der Waals surface area contributed by atoms with Gasteiger partial charge in [0.2, 0.25) is 5.78 Å². The van der Waals surface area contributed by atoms with Gasteiger partial charge in [0, 0.05) is 35.7 Å². The summed E-state index contributed by atoms with van der Waals surface area (Å²) in [5.74, 6) is -0.400. The highest BCUT2D eigenvalue weighted by atomic mass is 35.5. The van der Waals surface area contributed by atoms with Crippen LogP contribution >= 0.6 is 22.9 Å². The molecule has 0 radical (unpaired) electrons. The first kappa shape index (κ1) is 18.3. The van der Waals surface area contributed by atoms with Crippen molar-refractivity contribution in [3.05, 3.63) is 75.1 Å². The van der Waals surface area contributed by atoms with Crippen molar-refractivity contribution in [2.45, 2.75) is 13.3 Å². The summed E-state index contributed by atoms with van der Waals surface area (Å²) in [6.45, 7) is 1.63. The summed E-state index contributed by atoms with van der Waals surface area (Å²) in [5, 5.41) is 2.53. The Kier molecular flexibility index (Phi) is 5.81. The van der Waals surface area contributed by atoms with Gasteiger partial charge in [-0.05, 0) is 41.3 Å². The quantitative estimate of drug-likeness (QED) is 0.451. The number of thiophene rings is 1. The lowest BCUT2D eigenvalue weighted by molar-refractivity contribution is -0.140. The first-order chi connectivity index (χ1) is 12.5. The molecule has 3 aromatic rings. The predicted octanol–water partition coefficient (Wildman–Crippen LogP) is 4.80. The average Bonchev–Trinajstić information content (AvgIpc) is 3.10. The average molecular weight is 386 g/mol. The number of nitrogens with zero attached hydrogens (tertiary/aromatic N) is 1. The molecular weight excluding hydrogens is 370 g/mol. The van der Waals surface area contributed by atoms with Gasteiger partial charge in [0.15, 0.2) is 0 Å². The molecule has 2 aromatic heterocycles. The topological polar surface area (TPSA) is 56.3 Å². The van der Waals surface area contributed by atoms with Gasteiger partial charge in [-0.15, -0.1) is 11.3 Å². The molecule has 0 aliphatic heterocycles. The van der Waals surface area contributed by atoms with E-state index in [9.17, 15) is 9.59 Å². The number of ether oxygens (including phenoxy) is 1. The number of esters is 1. The van der Waals surface area contributed by atoms with E-state index in [1.54, 1.807) is 24.4 Å². The van der Waals surface area contributed by atoms with E-state index < -0.39 is 0 Å². The molecule has 0 saturated heterocycles. The predicted molar refractivity (Wildman–Crippen MR) is 103 cm³/mol. The fourth-order valence-electron chi connectivity index (χ4n) is 2.49. The maximum Gasteiger partial charge on any atom is 0.302 e. The van der Waals surface area contributed by atoms with E-state index in [1.807, 2.05) is 29.6 Å². The first-order valence-electron chi connectivity index (χ1n) is 8.01. The maximum atomic E-state index is 12.8. The smallest absolute Gasteiger partial charge is 0.302 e. The zero-order valence-electron chi connectivity index (χ0n) is 14.1. The Hall–Kier alpha value is -2.50. The van der Waals surface area contributed by atoms with Crippen LogP contribution in [0.4, 0.5) is 0 Å². The van der Waals surface area contributed by atoms with Crippen LogP contribution in [0, 0.1) is 0 Å². The van der Waals surface area contributed by atoms with Gasteiger partial charge in [0.05, 0.1) is 17.2 Å². The van der Waals surface area contributed by atoms with Gasteiger partial charge >= 0.3 is 5.97 Å². The number of hydrogen-bond donors (Lipinski definition) is 0. The minimum Gasteiger partial charge on any atom is -0.466 e. The van der Waals surface area contributed by atoms with Gasteiger partial charge < -0.3 is 4.74 Å². The molecule has 3 rings (SSSR count). The van der Waals surface area contributed by atoms with Crippen molar-refractivity contribution in [1.82, 2.24) is 4.98 Å². The van der Waals surface area contributed by atoms with Crippen LogP contribution in [0.25, 0.3) is 11.3 Å². The fraction of sp³-hybridized carbons (Fsp3) is 0.150. The van der Waals surface area contributed by atoms with Gasteiger partial charge in [-0.25, -0.2) is 0 Å². The van der Waals surface area contributed by atoms with E-state index in [2.05, 4.69) is 4.98 Å². The molecule has 0 unspecified atom stereocenters. The molecule has 0 spiro atoms. The highest BCUT2D eigenvalue weighted by molar-refractivity contribution is 7.12. The number of carbonyl (C=O) groups excluding carboxylic acids is 2. The van der Waals surface area contributed by atoms with Crippen molar-refractivity contribution in [3.63, 3.8) is 0 Å². The molecule has 0 aliphatic carbocycles.